The Bertz CT molecular complexity index is 1350. The van der Waals surface area contributed by atoms with Gasteiger partial charge in [0.1, 0.15) is 5.69 Å². The Morgan fingerprint density at radius 3 is 2.61 bits per heavy atom. The van der Waals surface area contributed by atoms with E-state index in [1.807, 2.05) is 47.8 Å². The Balaban J connectivity index is 1.63. The van der Waals surface area contributed by atoms with Crippen LogP contribution in [0.25, 0.3) is 16.3 Å². The lowest BCUT2D eigenvalue weighted by Gasteiger charge is -2.02. The monoisotopic (exact) mass is 453 g/mol. The molecule has 0 aliphatic rings. The molecular weight excluding hydrogens is 438 g/mol. The van der Waals surface area contributed by atoms with Crippen molar-refractivity contribution < 1.29 is 13.3 Å². The molecule has 0 aliphatic carbocycles. The molecule has 0 unspecified atom stereocenters. The number of non-ortho nitro benzene ring substituents is 1. The normalized spacial score (nSPS) is 11.6. The lowest BCUT2D eigenvalue weighted by atomic mass is 10.2. The summed E-state index contributed by atoms with van der Waals surface area (Å²) < 4.78 is 26.6. The highest BCUT2D eigenvalue weighted by Gasteiger charge is 2.17. The van der Waals surface area contributed by atoms with Crippen LogP contribution < -0.4 is 4.83 Å². The number of aromatic nitrogens is 2. The summed E-state index contributed by atoms with van der Waals surface area (Å²) in [7, 11) is -4.08. The van der Waals surface area contributed by atoms with Gasteiger partial charge < -0.3 is 0 Å². The smallest absolute Gasteiger partial charge is 0.258 e. The van der Waals surface area contributed by atoms with Gasteiger partial charge in [-0.1, -0.05) is 30.3 Å². The number of nitrogens with one attached hydrogen (secondary N) is 1. The molecule has 0 bridgehead atoms. The average Bonchev–Trinajstić information content (AvgIpc) is 3.44. The van der Waals surface area contributed by atoms with Crippen LogP contribution in [0.5, 0.6) is 0 Å². The van der Waals surface area contributed by atoms with Crippen molar-refractivity contribution in [1.29, 1.82) is 0 Å². The van der Waals surface area contributed by atoms with Gasteiger partial charge >= 0.3 is 0 Å². The standard InChI is InChI=1S/C20H15N5O4S2/c26-25(27)17-8-4-9-18(12-17)31(28,29)23-21-13-15-14-24(16-6-2-1-3-7-16)22-20(15)19-10-5-11-30-19/h1-14,23H. The lowest BCUT2D eigenvalue weighted by molar-refractivity contribution is -0.385. The molecule has 0 saturated carbocycles. The van der Waals surface area contributed by atoms with E-state index in [0.29, 0.717) is 11.3 Å². The molecule has 156 valence electrons. The third kappa shape index (κ3) is 4.52. The van der Waals surface area contributed by atoms with E-state index >= 15 is 0 Å². The fourth-order valence-electron chi connectivity index (χ4n) is 2.78. The van der Waals surface area contributed by atoms with Crippen molar-refractivity contribution >= 4 is 33.3 Å². The first-order chi connectivity index (χ1) is 14.9. The van der Waals surface area contributed by atoms with Gasteiger partial charge in [0.25, 0.3) is 15.7 Å². The molecule has 0 aliphatic heterocycles. The van der Waals surface area contributed by atoms with Crippen LogP contribution in [0, 0.1) is 10.1 Å². The van der Waals surface area contributed by atoms with Crippen molar-refractivity contribution in [3.05, 3.63) is 94.0 Å². The summed E-state index contributed by atoms with van der Waals surface area (Å²) in [5, 5.41) is 21.3. The summed E-state index contributed by atoms with van der Waals surface area (Å²) in [6, 6.07) is 18.0. The maximum atomic E-state index is 12.5. The Morgan fingerprint density at radius 2 is 1.90 bits per heavy atom. The number of hydrazone groups is 1. The lowest BCUT2D eigenvalue weighted by Crippen LogP contribution is -2.18. The maximum absolute atomic E-state index is 12.5. The van der Waals surface area contributed by atoms with Gasteiger partial charge in [0, 0.05) is 23.9 Å². The minimum absolute atomic E-state index is 0.252. The van der Waals surface area contributed by atoms with E-state index in [0.717, 1.165) is 16.6 Å². The Hall–Kier alpha value is -3.83. The number of rotatable bonds is 7. The van der Waals surface area contributed by atoms with Crippen LogP contribution in [0.4, 0.5) is 5.69 Å². The van der Waals surface area contributed by atoms with E-state index in [1.54, 1.807) is 10.9 Å². The van der Waals surface area contributed by atoms with Gasteiger partial charge in [-0.15, -0.1) is 11.3 Å². The second-order valence-corrected chi connectivity index (χ2v) is 8.91. The minimum atomic E-state index is -4.08. The molecule has 2 heterocycles. The van der Waals surface area contributed by atoms with Gasteiger partial charge in [-0.05, 0) is 29.6 Å². The van der Waals surface area contributed by atoms with Gasteiger partial charge in [-0.25, -0.2) is 9.51 Å². The Kier molecular flexibility index (Phi) is 5.60. The number of para-hydroxylation sites is 1. The molecule has 2 aromatic carbocycles. The number of thiophene rings is 1. The highest BCUT2D eigenvalue weighted by molar-refractivity contribution is 7.89. The van der Waals surface area contributed by atoms with Crippen LogP contribution in [0.15, 0.2) is 88.3 Å². The highest BCUT2D eigenvalue weighted by atomic mass is 32.2. The molecule has 0 spiro atoms. The minimum Gasteiger partial charge on any atom is -0.258 e. The molecule has 4 aromatic rings. The van der Waals surface area contributed by atoms with Crippen molar-refractivity contribution in [2.75, 3.05) is 0 Å². The van der Waals surface area contributed by atoms with Crippen LogP contribution in [0.2, 0.25) is 0 Å². The molecular formula is C20H15N5O4S2. The number of nitrogens with zero attached hydrogens (tertiary/aromatic N) is 4. The largest absolute Gasteiger partial charge is 0.276 e. The first-order valence-corrected chi connectivity index (χ1v) is 11.3. The number of benzene rings is 2. The summed E-state index contributed by atoms with van der Waals surface area (Å²) in [5.74, 6) is 0. The quantitative estimate of drug-likeness (QED) is 0.259. The highest BCUT2D eigenvalue weighted by Crippen LogP contribution is 2.27. The topological polar surface area (TPSA) is 119 Å². The summed E-state index contributed by atoms with van der Waals surface area (Å²) in [5.41, 5.74) is 1.78. The summed E-state index contributed by atoms with van der Waals surface area (Å²) in [6.45, 7) is 0. The van der Waals surface area contributed by atoms with Crippen LogP contribution in [-0.4, -0.2) is 29.3 Å². The molecule has 0 fully saturated rings. The maximum Gasteiger partial charge on any atom is 0.276 e. The van der Waals surface area contributed by atoms with E-state index < -0.39 is 14.9 Å². The third-order valence-electron chi connectivity index (χ3n) is 4.23. The number of hydrogen-bond donors (Lipinski definition) is 1. The molecule has 0 saturated heterocycles. The van der Waals surface area contributed by atoms with E-state index in [9.17, 15) is 18.5 Å². The molecule has 1 N–H and O–H groups in total. The van der Waals surface area contributed by atoms with Gasteiger partial charge in [-0.3, -0.25) is 10.1 Å². The number of nitro benzene ring substituents is 1. The van der Waals surface area contributed by atoms with Crippen molar-refractivity contribution in [3.63, 3.8) is 0 Å². The van der Waals surface area contributed by atoms with E-state index in [-0.39, 0.29) is 10.6 Å². The summed E-state index contributed by atoms with van der Waals surface area (Å²) in [6.07, 6.45) is 3.10. The second-order valence-electron chi connectivity index (χ2n) is 6.30. The number of nitro groups is 1. The van der Waals surface area contributed by atoms with Crippen LogP contribution in [0.1, 0.15) is 5.56 Å². The summed E-state index contributed by atoms with van der Waals surface area (Å²) in [4.78, 5) is 13.0. The van der Waals surface area contributed by atoms with Crippen LogP contribution in [0.3, 0.4) is 0 Å². The van der Waals surface area contributed by atoms with Gasteiger partial charge in [0.2, 0.25) is 0 Å². The van der Waals surface area contributed by atoms with E-state index in [4.69, 9.17) is 0 Å². The molecule has 0 radical (unpaired) electrons. The number of hydrogen-bond acceptors (Lipinski definition) is 7. The van der Waals surface area contributed by atoms with Crippen molar-refractivity contribution in [3.8, 4) is 16.3 Å². The SMILES string of the molecule is O=[N+]([O-])c1cccc(S(=O)(=O)NN=Cc2cn(-c3ccccc3)nc2-c2cccs2)c1. The zero-order chi connectivity index (χ0) is 21.8. The van der Waals surface area contributed by atoms with Crippen molar-refractivity contribution in [1.82, 2.24) is 14.6 Å². The van der Waals surface area contributed by atoms with Gasteiger partial charge in [0.05, 0.1) is 26.6 Å². The summed E-state index contributed by atoms with van der Waals surface area (Å²) >= 11 is 1.50. The second kappa shape index (κ2) is 8.50. The fraction of sp³-hybridized carbons (Fsp3) is 0. The molecule has 2 aromatic heterocycles. The predicted molar refractivity (Wildman–Crippen MR) is 118 cm³/mol. The fourth-order valence-corrected chi connectivity index (χ4v) is 4.34. The average molecular weight is 454 g/mol. The van der Waals surface area contributed by atoms with Gasteiger partial charge in [-0.2, -0.15) is 18.6 Å². The molecule has 0 atom stereocenters. The zero-order valence-corrected chi connectivity index (χ0v) is 17.5. The third-order valence-corrected chi connectivity index (χ3v) is 6.33. The van der Waals surface area contributed by atoms with Crippen LogP contribution in [-0.2, 0) is 10.0 Å². The Labute approximate surface area is 181 Å². The molecule has 4 rings (SSSR count). The first-order valence-electron chi connectivity index (χ1n) is 8.92. The van der Waals surface area contributed by atoms with Crippen molar-refractivity contribution in [2.24, 2.45) is 5.10 Å². The van der Waals surface area contributed by atoms with Crippen LogP contribution >= 0.6 is 11.3 Å². The first kappa shape index (κ1) is 20.4. The predicted octanol–water partition coefficient (Wildman–Crippen LogP) is 3.82. The Morgan fingerprint density at radius 1 is 1.10 bits per heavy atom. The van der Waals surface area contributed by atoms with Crippen molar-refractivity contribution in [2.45, 2.75) is 4.90 Å². The molecule has 9 nitrogen and oxygen atoms in total. The molecule has 0 amide bonds. The zero-order valence-electron chi connectivity index (χ0n) is 15.8. The van der Waals surface area contributed by atoms with E-state index in [2.05, 4.69) is 15.0 Å². The molecule has 31 heavy (non-hydrogen) atoms. The number of sulfonamides is 1. The van der Waals surface area contributed by atoms with Gasteiger partial charge in [0.15, 0.2) is 0 Å². The van der Waals surface area contributed by atoms with E-state index in [1.165, 1.54) is 35.8 Å². The molecule has 11 heteroatoms.